The van der Waals surface area contributed by atoms with E-state index in [1.165, 1.54) is 16.6 Å². The molecule has 10 heteroatoms. The van der Waals surface area contributed by atoms with Gasteiger partial charge in [0, 0.05) is 23.2 Å². The average molecular weight is 461 g/mol. The smallest absolute Gasteiger partial charge is 0.348 e. The summed E-state index contributed by atoms with van der Waals surface area (Å²) in [6.45, 7) is 1.96. The Morgan fingerprint density at radius 3 is 2.87 bits per heavy atom. The summed E-state index contributed by atoms with van der Waals surface area (Å²) in [5.41, 5.74) is 7.88. The van der Waals surface area contributed by atoms with Crippen molar-refractivity contribution in [2.45, 2.75) is 43.5 Å². The van der Waals surface area contributed by atoms with Crippen LogP contribution in [-0.2, 0) is 30.4 Å². The third-order valence-corrected chi connectivity index (χ3v) is 8.39. The fraction of sp³-hybridized carbons (Fsp3) is 0.400. The number of nitriles is 1. The highest BCUT2D eigenvalue weighted by Gasteiger charge is 2.25. The van der Waals surface area contributed by atoms with E-state index in [1.54, 1.807) is 29.9 Å². The average Bonchev–Trinajstić information content (AvgIpc) is 3.26. The minimum atomic E-state index is -0.491. The van der Waals surface area contributed by atoms with Gasteiger partial charge in [0.05, 0.1) is 17.6 Å². The molecule has 4 rings (SSSR count). The lowest BCUT2D eigenvalue weighted by molar-refractivity contribution is 0.0531. The van der Waals surface area contributed by atoms with Crippen LogP contribution < -0.4 is 11.3 Å². The maximum Gasteiger partial charge on any atom is 0.348 e. The molecule has 156 valence electrons. The van der Waals surface area contributed by atoms with E-state index >= 15 is 0 Å². The van der Waals surface area contributed by atoms with Crippen molar-refractivity contribution < 1.29 is 9.53 Å². The van der Waals surface area contributed by atoms with Crippen LogP contribution >= 0.6 is 34.4 Å². The molecule has 0 bridgehead atoms. The van der Waals surface area contributed by atoms with Gasteiger partial charge in [0.25, 0.3) is 5.56 Å². The van der Waals surface area contributed by atoms with Gasteiger partial charge in [-0.1, -0.05) is 11.8 Å². The van der Waals surface area contributed by atoms with Gasteiger partial charge >= 0.3 is 5.97 Å². The van der Waals surface area contributed by atoms with Crippen molar-refractivity contribution in [2.24, 2.45) is 7.05 Å². The number of ether oxygens (including phenoxy) is 1. The van der Waals surface area contributed by atoms with Crippen molar-refractivity contribution in [1.29, 1.82) is 5.26 Å². The second-order valence-corrected chi connectivity index (χ2v) is 10.00. The second-order valence-electron chi connectivity index (χ2n) is 6.92. The molecule has 7 nitrogen and oxygen atoms in total. The van der Waals surface area contributed by atoms with E-state index in [9.17, 15) is 14.9 Å². The lowest BCUT2D eigenvalue weighted by atomic mass is 9.97. The first kappa shape index (κ1) is 20.9. The number of nitrogens with zero attached hydrogens (tertiary/aromatic N) is 3. The predicted octanol–water partition coefficient (Wildman–Crippen LogP) is 3.86. The predicted molar refractivity (Wildman–Crippen MR) is 120 cm³/mol. The number of aryl methyl sites for hydroxylation is 2. The van der Waals surface area contributed by atoms with Crippen molar-refractivity contribution in [3.05, 3.63) is 36.8 Å². The molecular weight excluding hydrogens is 440 g/mol. The van der Waals surface area contributed by atoms with Gasteiger partial charge in [0.2, 0.25) is 0 Å². The quantitative estimate of drug-likeness (QED) is 0.350. The van der Waals surface area contributed by atoms with Crippen LogP contribution in [0.25, 0.3) is 10.2 Å². The van der Waals surface area contributed by atoms with Crippen LogP contribution in [0, 0.1) is 11.3 Å². The van der Waals surface area contributed by atoms with Crippen LogP contribution in [0.1, 0.15) is 51.0 Å². The summed E-state index contributed by atoms with van der Waals surface area (Å²) in [7, 11) is 1.71. The highest BCUT2D eigenvalue weighted by molar-refractivity contribution is 7.98. The van der Waals surface area contributed by atoms with Crippen molar-refractivity contribution in [2.75, 3.05) is 12.3 Å². The Hall–Kier alpha value is -2.35. The Morgan fingerprint density at radius 1 is 1.37 bits per heavy atom. The molecule has 1 aliphatic carbocycles. The maximum atomic E-state index is 13.1. The van der Waals surface area contributed by atoms with E-state index in [-0.39, 0.29) is 17.7 Å². The van der Waals surface area contributed by atoms with Gasteiger partial charge in [-0.25, -0.2) is 9.78 Å². The summed E-state index contributed by atoms with van der Waals surface area (Å²) < 4.78 is 6.66. The van der Waals surface area contributed by atoms with E-state index < -0.39 is 5.97 Å². The maximum absolute atomic E-state index is 13.1. The normalized spacial score (nSPS) is 13.2. The van der Waals surface area contributed by atoms with Crippen LogP contribution in [0.2, 0.25) is 0 Å². The Bertz CT molecular complexity index is 1250. The molecule has 3 aromatic heterocycles. The number of rotatable bonds is 5. The topological polar surface area (TPSA) is 111 Å². The van der Waals surface area contributed by atoms with E-state index in [4.69, 9.17) is 15.5 Å². The standard InChI is InChI=1S/C20H20N4O3S3/c1-3-27-19(26)15-12(11(8-21)16(22)30-15)9-28-20-23-17-14(18(25)24(20)2)10-6-4-5-7-13(10)29-17/h3-7,9,22H2,1-2H3. The Labute approximate surface area is 185 Å². The third kappa shape index (κ3) is 3.51. The first-order valence-electron chi connectivity index (χ1n) is 9.58. The molecule has 2 N–H and O–H groups in total. The summed E-state index contributed by atoms with van der Waals surface area (Å²) in [4.78, 5) is 32.5. The lowest BCUT2D eigenvalue weighted by Gasteiger charge is -2.11. The van der Waals surface area contributed by atoms with Crippen LogP contribution in [0.5, 0.6) is 0 Å². The first-order chi connectivity index (χ1) is 14.5. The van der Waals surface area contributed by atoms with Crippen LogP contribution in [0.15, 0.2) is 9.95 Å². The number of thiophene rings is 2. The molecule has 30 heavy (non-hydrogen) atoms. The molecule has 3 heterocycles. The molecule has 0 aliphatic heterocycles. The number of hydrogen-bond acceptors (Lipinski definition) is 9. The molecule has 3 aromatic rings. The Kier molecular flexibility index (Phi) is 5.86. The summed E-state index contributed by atoms with van der Waals surface area (Å²) in [5, 5.41) is 11.1. The van der Waals surface area contributed by atoms with Gasteiger partial charge in [0.1, 0.15) is 20.8 Å². The van der Waals surface area contributed by atoms with Crippen LogP contribution in [-0.4, -0.2) is 22.1 Å². The zero-order valence-corrected chi connectivity index (χ0v) is 19.1. The molecule has 1 aliphatic rings. The number of hydrogen-bond donors (Lipinski definition) is 1. The van der Waals surface area contributed by atoms with E-state index in [1.807, 2.05) is 0 Å². The third-order valence-electron chi connectivity index (χ3n) is 5.11. The largest absolute Gasteiger partial charge is 0.462 e. The summed E-state index contributed by atoms with van der Waals surface area (Å²) >= 11 is 3.98. The Morgan fingerprint density at radius 2 is 2.13 bits per heavy atom. The number of carbonyl (C=O) groups is 1. The first-order valence-corrected chi connectivity index (χ1v) is 12.2. The molecule has 0 atom stereocenters. The molecule has 0 unspecified atom stereocenters. The number of aromatic nitrogens is 2. The number of esters is 1. The monoisotopic (exact) mass is 460 g/mol. The summed E-state index contributed by atoms with van der Waals surface area (Å²) in [5.74, 6) is -0.198. The second kappa shape index (κ2) is 8.41. The number of thioether (sulfide) groups is 1. The molecule has 0 saturated heterocycles. The number of fused-ring (bicyclic) bond motifs is 3. The molecule has 0 spiro atoms. The molecular formula is C20H20N4O3S3. The number of nitrogen functional groups attached to an aromatic ring is 1. The van der Waals surface area contributed by atoms with Crippen molar-refractivity contribution in [3.63, 3.8) is 0 Å². The van der Waals surface area contributed by atoms with Crippen LogP contribution in [0.3, 0.4) is 0 Å². The zero-order valence-electron chi connectivity index (χ0n) is 16.6. The van der Waals surface area contributed by atoms with E-state index in [0.717, 1.165) is 52.8 Å². The van der Waals surface area contributed by atoms with Crippen molar-refractivity contribution >= 4 is 55.6 Å². The minimum Gasteiger partial charge on any atom is -0.462 e. The van der Waals surface area contributed by atoms with Crippen LogP contribution in [0.4, 0.5) is 5.00 Å². The van der Waals surface area contributed by atoms with Gasteiger partial charge in [-0.05, 0) is 38.2 Å². The fourth-order valence-electron chi connectivity index (χ4n) is 3.64. The van der Waals surface area contributed by atoms with Crippen molar-refractivity contribution in [1.82, 2.24) is 9.55 Å². The van der Waals surface area contributed by atoms with Gasteiger partial charge in [-0.15, -0.1) is 22.7 Å². The highest BCUT2D eigenvalue weighted by atomic mass is 32.2. The lowest BCUT2D eigenvalue weighted by Crippen LogP contribution is -2.20. The van der Waals surface area contributed by atoms with Gasteiger partial charge in [-0.2, -0.15) is 5.26 Å². The van der Waals surface area contributed by atoms with E-state index in [2.05, 4.69) is 6.07 Å². The highest BCUT2D eigenvalue weighted by Crippen LogP contribution is 2.37. The zero-order chi connectivity index (χ0) is 21.4. The minimum absolute atomic E-state index is 0.0437. The SMILES string of the molecule is CCOC(=O)c1sc(N)c(C#N)c1CSc1nc2sc3c(c2c(=O)n1C)CCCC3. The number of anilines is 1. The molecule has 0 saturated carbocycles. The van der Waals surface area contributed by atoms with Gasteiger partial charge in [-0.3, -0.25) is 9.36 Å². The molecule has 0 aromatic carbocycles. The fourth-order valence-corrected chi connectivity index (χ4v) is 6.97. The van der Waals surface area contributed by atoms with Gasteiger partial charge in [0.15, 0.2) is 5.16 Å². The molecule has 0 fully saturated rings. The van der Waals surface area contributed by atoms with Gasteiger partial charge < -0.3 is 10.5 Å². The Balaban J connectivity index is 1.71. The number of carbonyl (C=O) groups excluding carboxylic acids is 1. The summed E-state index contributed by atoms with van der Waals surface area (Å²) in [6.07, 6.45) is 4.19. The molecule has 0 amide bonds. The van der Waals surface area contributed by atoms with E-state index in [0.29, 0.717) is 26.4 Å². The van der Waals surface area contributed by atoms with Crippen molar-refractivity contribution in [3.8, 4) is 6.07 Å². The number of nitrogens with two attached hydrogens (primary N) is 1. The molecule has 0 radical (unpaired) electrons. The summed E-state index contributed by atoms with van der Waals surface area (Å²) in [6, 6.07) is 2.08.